The third-order valence-electron chi connectivity index (χ3n) is 5.77. The fourth-order valence-electron chi connectivity index (χ4n) is 3.93. The number of nitrogens with one attached hydrogen (secondary N) is 1. The van der Waals surface area contributed by atoms with Crippen molar-refractivity contribution in [2.45, 2.75) is 38.5 Å². The zero-order valence-electron chi connectivity index (χ0n) is 18.5. The molecule has 3 aromatic rings. The quantitative estimate of drug-likeness (QED) is 0.450. The van der Waals surface area contributed by atoms with E-state index in [0.29, 0.717) is 16.3 Å². The van der Waals surface area contributed by atoms with Gasteiger partial charge in [0, 0.05) is 47.8 Å². The highest BCUT2D eigenvalue weighted by Crippen LogP contribution is 2.23. The van der Waals surface area contributed by atoms with Crippen molar-refractivity contribution >= 4 is 34.8 Å². The van der Waals surface area contributed by atoms with Crippen LogP contribution in [0.25, 0.3) is 11.3 Å². The number of hydrogen-bond donors (Lipinski definition) is 1. The second kappa shape index (κ2) is 11.1. The van der Waals surface area contributed by atoms with Crippen molar-refractivity contribution < 1.29 is 9.59 Å². The minimum Gasteiger partial charge on any atom is -0.355 e. The summed E-state index contributed by atoms with van der Waals surface area (Å²) in [5, 5.41) is 12.3. The minimum atomic E-state index is -0.211. The fraction of sp³-hybridized carbons (Fsp3) is 0.308. The van der Waals surface area contributed by atoms with Gasteiger partial charge in [0.25, 0.3) is 0 Å². The van der Waals surface area contributed by atoms with Gasteiger partial charge in [0.2, 0.25) is 5.91 Å². The van der Waals surface area contributed by atoms with Gasteiger partial charge in [0.15, 0.2) is 11.6 Å². The Morgan fingerprint density at radius 3 is 2.33 bits per heavy atom. The van der Waals surface area contributed by atoms with E-state index in [4.69, 9.17) is 11.6 Å². The van der Waals surface area contributed by atoms with Gasteiger partial charge in [-0.25, -0.2) is 0 Å². The van der Waals surface area contributed by atoms with E-state index in [9.17, 15) is 9.59 Å². The van der Waals surface area contributed by atoms with Gasteiger partial charge in [-0.15, -0.1) is 10.2 Å². The Morgan fingerprint density at radius 2 is 1.64 bits per heavy atom. The Bertz CT molecular complexity index is 1090. The lowest BCUT2D eigenvalue weighted by atomic mass is 10.1. The third kappa shape index (κ3) is 6.39. The second-order valence-electron chi connectivity index (χ2n) is 8.24. The molecule has 6 nitrogen and oxygen atoms in total. The number of carbonyl (C=O) groups excluding carboxylic acids is 2. The molecule has 0 bridgehead atoms. The van der Waals surface area contributed by atoms with Gasteiger partial charge in [0.1, 0.15) is 0 Å². The summed E-state index contributed by atoms with van der Waals surface area (Å²) < 4.78 is 0. The van der Waals surface area contributed by atoms with Crippen molar-refractivity contribution in [2.24, 2.45) is 0 Å². The van der Waals surface area contributed by atoms with Crippen LogP contribution in [0.2, 0.25) is 5.02 Å². The third-order valence-corrected chi connectivity index (χ3v) is 6.02. The van der Waals surface area contributed by atoms with Gasteiger partial charge in [-0.2, -0.15) is 0 Å². The largest absolute Gasteiger partial charge is 0.355 e. The molecule has 0 saturated carbocycles. The molecule has 1 saturated heterocycles. The molecule has 170 valence electrons. The zero-order chi connectivity index (χ0) is 23.0. The number of ketones is 1. The van der Waals surface area contributed by atoms with E-state index in [2.05, 4.69) is 20.4 Å². The molecule has 7 heteroatoms. The molecule has 2 heterocycles. The Balaban J connectivity index is 1.34. The van der Waals surface area contributed by atoms with Crippen LogP contribution in [-0.4, -0.2) is 35.0 Å². The average Bonchev–Trinajstić information content (AvgIpc) is 3.13. The fourth-order valence-corrected chi connectivity index (χ4v) is 4.06. The number of benzene rings is 2. The van der Waals surface area contributed by atoms with Crippen LogP contribution in [0, 0.1) is 0 Å². The van der Waals surface area contributed by atoms with Crippen LogP contribution in [0.15, 0.2) is 60.7 Å². The molecule has 1 N–H and O–H groups in total. The van der Waals surface area contributed by atoms with Crippen molar-refractivity contribution in [3.63, 3.8) is 0 Å². The summed E-state index contributed by atoms with van der Waals surface area (Å²) in [5.41, 5.74) is 2.84. The monoisotopic (exact) mass is 462 g/mol. The number of hydrogen-bond acceptors (Lipinski definition) is 5. The number of nitrogens with zero attached hydrogens (tertiary/aromatic N) is 3. The topological polar surface area (TPSA) is 75.2 Å². The molecule has 0 spiro atoms. The number of carbonyl (C=O) groups is 2. The zero-order valence-corrected chi connectivity index (χ0v) is 19.2. The molecule has 0 aliphatic carbocycles. The second-order valence-corrected chi connectivity index (χ2v) is 8.67. The van der Waals surface area contributed by atoms with Crippen molar-refractivity contribution in [3.8, 4) is 11.3 Å². The number of halogens is 1. The number of rotatable bonds is 7. The van der Waals surface area contributed by atoms with Gasteiger partial charge in [0.05, 0.1) is 5.69 Å². The van der Waals surface area contributed by atoms with E-state index in [1.165, 1.54) is 25.7 Å². The van der Waals surface area contributed by atoms with Crippen LogP contribution < -0.4 is 10.2 Å². The molecule has 1 aromatic heterocycles. The highest BCUT2D eigenvalue weighted by Gasteiger charge is 2.13. The highest BCUT2D eigenvalue weighted by molar-refractivity contribution is 6.30. The Hall–Kier alpha value is -3.25. The van der Waals surface area contributed by atoms with Crippen molar-refractivity contribution in [2.75, 3.05) is 23.3 Å². The van der Waals surface area contributed by atoms with Gasteiger partial charge in [-0.3, -0.25) is 9.59 Å². The number of aromatic nitrogens is 2. The molecule has 1 fully saturated rings. The summed E-state index contributed by atoms with van der Waals surface area (Å²) in [6.45, 7) is 2.05. The summed E-state index contributed by atoms with van der Waals surface area (Å²) in [6.07, 6.45) is 5.17. The number of anilines is 2. The summed E-state index contributed by atoms with van der Waals surface area (Å²) in [7, 11) is 0. The van der Waals surface area contributed by atoms with E-state index >= 15 is 0 Å². The first-order valence-electron chi connectivity index (χ1n) is 11.4. The van der Waals surface area contributed by atoms with Crippen molar-refractivity contribution in [1.29, 1.82) is 0 Å². The average molecular weight is 463 g/mol. The molecule has 1 aliphatic rings. The standard InChI is InChI=1S/C26H27ClN4O2/c27-21-10-8-19(9-11-21)24(32)13-15-26(33)28-22-7-5-6-20(18-22)23-12-14-25(30-29-23)31-16-3-1-2-4-17-31/h5-12,14,18H,1-4,13,15-17H2,(H,28,33). The van der Waals surface area contributed by atoms with Gasteiger partial charge in [-0.1, -0.05) is 36.6 Å². The maximum absolute atomic E-state index is 12.4. The summed E-state index contributed by atoms with van der Waals surface area (Å²) in [5.74, 6) is 0.614. The molecule has 0 unspecified atom stereocenters. The predicted molar refractivity (Wildman–Crippen MR) is 132 cm³/mol. The highest BCUT2D eigenvalue weighted by atomic mass is 35.5. The number of Topliss-reactive ketones (excluding diaryl/α,β-unsaturated/α-hetero) is 1. The lowest BCUT2D eigenvalue weighted by Crippen LogP contribution is -2.25. The molecule has 4 rings (SSSR count). The van der Waals surface area contributed by atoms with E-state index < -0.39 is 0 Å². The molecular weight excluding hydrogens is 436 g/mol. The van der Waals surface area contributed by atoms with E-state index in [-0.39, 0.29) is 24.5 Å². The Kier molecular flexibility index (Phi) is 7.68. The van der Waals surface area contributed by atoms with Crippen molar-refractivity contribution in [3.05, 3.63) is 71.2 Å². The van der Waals surface area contributed by atoms with Gasteiger partial charge in [-0.05, 0) is 61.4 Å². The smallest absolute Gasteiger partial charge is 0.224 e. The predicted octanol–water partition coefficient (Wildman–Crippen LogP) is 5.78. The summed E-state index contributed by atoms with van der Waals surface area (Å²) >= 11 is 5.85. The van der Waals surface area contributed by atoms with E-state index in [0.717, 1.165) is 30.2 Å². The lowest BCUT2D eigenvalue weighted by molar-refractivity contribution is -0.116. The van der Waals surface area contributed by atoms with Crippen LogP contribution in [0.4, 0.5) is 11.5 Å². The maximum Gasteiger partial charge on any atom is 0.224 e. The lowest BCUT2D eigenvalue weighted by Gasteiger charge is -2.20. The normalized spacial score (nSPS) is 13.9. The molecule has 2 aromatic carbocycles. The Labute approximate surface area is 199 Å². The summed E-state index contributed by atoms with van der Waals surface area (Å²) in [4.78, 5) is 26.9. The van der Waals surface area contributed by atoms with Crippen LogP contribution >= 0.6 is 11.6 Å². The van der Waals surface area contributed by atoms with Crippen LogP contribution in [0.5, 0.6) is 0 Å². The molecule has 0 atom stereocenters. The maximum atomic E-state index is 12.4. The van der Waals surface area contributed by atoms with Crippen LogP contribution in [0.3, 0.4) is 0 Å². The molecule has 33 heavy (non-hydrogen) atoms. The first-order chi connectivity index (χ1) is 16.1. The van der Waals surface area contributed by atoms with Gasteiger partial charge < -0.3 is 10.2 Å². The molecule has 1 aliphatic heterocycles. The Morgan fingerprint density at radius 1 is 0.879 bits per heavy atom. The molecule has 0 radical (unpaired) electrons. The first-order valence-corrected chi connectivity index (χ1v) is 11.7. The van der Waals surface area contributed by atoms with Crippen LogP contribution in [-0.2, 0) is 4.79 Å². The number of amides is 1. The summed E-state index contributed by atoms with van der Waals surface area (Å²) in [6, 6.07) is 18.2. The van der Waals surface area contributed by atoms with E-state index in [1.54, 1.807) is 24.3 Å². The van der Waals surface area contributed by atoms with Crippen LogP contribution in [0.1, 0.15) is 48.9 Å². The van der Waals surface area contributed by atoms with Crippen molar-refractivity contribution in [1.82, 2.24) is 10.2 Å². The molecule has 1 amide bonds. The van der Waals surface area contributed by atoms with E-state index in [1.807, 2.05) is 36.4 Å². The minimum absolute atomic E-state index is 0.0876. The first kappa shape index (κ1) is 22.9. The SMILES string of the molecule is O=C(CCC(=O)c1ccc(Cl)cc1)Nc1cccc(-c2ccc(N3CCCCCC3)nn2)c1. The molecular formula is C26H27ClN4O2. The van der Waals surface area contributed by atoms with Gasteiger partial charge >= 0.3 is 0 Å².